The van der Waals surface area contributed by atoms with Gasteiger partial charge in [0.1, 0.15) is 5.75 Å². The van der Waals surface area contributed by atoms with Crippen molar-refractivity contribution < 1.29 is 13.2 Å². The number of sulfone groups is 1. The smallest absolute Gasteiger partial charge is 0.234 e. The normalized spacial score (nSPS) is 11.4. The van der Waals surface area contributed by atoms with Crippen LogP contribution in [0.4, 0.5) is 5.69 Å². The molecular weight excluding hydrogens is 504 g/mol. The van der Waals surface area contributed by atoms with Crippen LogP contribution in [0.15, 0.2) is 82.8 Å². The number of hydrogen-bond donors (Lipinski definition) is 1. The van der Waals surface area contributed by atoms with Crippen LogP contribution in [0.5, 0.6) is 0 Å². The van der Waals surface area contributed by atoms with E-state index in [1.54, 1.807) is 41.0 Å². The molecule has 35 heavy (non-hydrogen) atoms. The average molecular weight is 527 g/mol. The van der Waals surface area contributed by atoms with Crippen molar-refractivity contribution in [3.05, 3.63) is 94.8 Å². The number of carbonyl (C=O) groups excluding carboxylic acids is 1. The summed E-state index contributed by atoms with van der Waals surface area (Å²) in [5.74, 6) is -0.240. The zero-order valence-electron chi connectivity index (χ0n) is 19.1. The van der Waals surface area contributed by atoms with E-state index >= 15 is 0 Å². The van der Waals surface area contributed by atoms with Gasteiger partial charge in [0.05, 0.1) is 10.6 Å². The van der Waals surface area contributed by atoms with Crippen LogP contribution in [0, 0.1) is 13.8 Å². The molecule has 0 aliphatic carbocycles. The van der Waals surface area contributed by atoms with Gasteiger partial charge in [-0.15, -0.1) is 10.2 Å². The van der Waals surface area contributed by atoms with Crippen molar-refractivity contribution >= 4 is 44.8 Å². The van der Waals surface area contributed by atoms with E-state index in [0.717, 1.165) is 11.1 Å². The van der Waals surface area contributed by atoms with E-state index in [-0.39, 0.29) is 28.1 Å². The first-order chi connectivity index (χ1) is 16.7. The molecule has 0 unspecified atom stereocenters. The molecule has 0 spiro atoms. The molecule has 7 nitrogen and oxygen atoms in total. The fourth-order valence-electron chi connectivity index (χ4n) is 3.37. The SMILES string of the molecule is Cc1ccc(S(=O)(=O)Cc2nnc(SCC(=O)Nc3cc(Cl)ccc3C)n2-c2ccccc2)cc1. The Kier molecular flexibility index (Phi) is 7.59. The van der Waals surface area contributed by atoms with Crippen molar-refractivity contribution in [1.29, 1.82) is 0 Å². The molecule has 0 saturated heterocycles. The first-order valence-electron chi connectivity index (χ1n) is 10.7. The van der Waals surface area contributed by atoms with E-state index in [1.807, 2.05) is 50.2 Å². The Morgan fingerprint density at radius 3 is 2.43 bits per heavy atom. The summed E-state index contributed by atoms with van der Waals surface area (Å²) in [4.78, 5) is 12.8. The summed E-state index contributed by atoms with van der Waals surface area (Å²) in [5.41, 5.74) is 3.21. The quantitative estimate of drug-likeness (QED) is 0.315. The third kappa shape index (κ3) is 6.11. The second-order valence-corrected chi connectivity index (χ2v) is 11.3. The van der Waals surface area contributed by atoms with Crippen molar-refractivity contribution in [2.45, 2.75) is 29.7 Å². The molecule has 0 aliphatic rings. The maximum absolute atomic E-state index is 13.1. The molecular formula is C25H23ClN4O3S2. The number of amides is 1. The fourth-order valence-corrected chi connectivity index (χ4v) is 5.55. The molecule has 0 fully saturated rings. The lowest BCUT2D eigenvalue weighted by Gasteiger charge is -2.11. The van der Waals surface area contributed by atoms with Crippen molar-refractivity contribution in [2.75, 3.05) is 11.1 Å². The van der Waals surface area contributed by atoms with Crippen molar-refractivity contribution in [2.24, 2.45) is 0 Å². The lowest BCUT2D eigenvalue weighted by Crippen LogP contribution is -2.15. The monoisotopic (exact) mass is 526 g/mol. The van der Waals surface area contributed by atoms with Crippen molar-refractivity contribution in [3.8, 4) is 5.69 Å². The van der Waals surface area contributed by atoms with Crippen LogP contribution in [0.2, 0.25) is 5.02 Å². The number of nitrogens with zero attached hydrogens (tertiary/aromatic N) is 3. The number of aromatic nitrogens is 3. The van der Waals surface area contributed by atoms with Gasteiger partial charge in [-0.3, -0.25) is 9.36 Å². The molecule has 1 amide bonds. The van der Waals surface area contributed by atoms with E-state index < -0.39 is 9.84 Å². The highest BCUT2D eigenvalue weighted by Gasteiger charge is 2.23. The Hall–Kier alpha value is -3.14. The number of rotatable bonds is 8. The molecule has 1 heterocycles. The highest BCUT2D eigenvalue weighted by atomic mass is 35.5. The highest BCUT2D eigenvalue weighted by Crippen LogP contribution is 2.26. The Bertz CT molecular complexity index is 1450. The first-order valence-corrected chi connectivity index (χ1v) is 13.7. The lowest BCUT2D eigenvalue weighted by molar-refractivity contribution is -0.113. The summed E-state index contributed by atoms with van der Waals surface area (Å²) in [6.45, 7) is 3.78. The van der Waals surface area contributed by atoms with Crippen LogP contribution in [-0.4, -0.2) is 34.8 Å². The van der Waals surface area contributed by atoms with E-state index in [9.17, 15) is 13.2 Å². The van der Waals surface area contributed by atoms with Crippen LogP contribution >= 0.6 is 23.4 Å². The molecule has 0 bridgehead atoms. The van der Waals surface area contributed by atoms with Gasteiger partial charge in [0.15, 0.2) is 20.8 Å². The van der Waals surface area contributed by atoms with Gasteiger partial charge in [-0.2, -0.15) is 0 Å². The zero-order chi connectivity index (χ0) is 25.0. The van der Waals surface area contributed by atoms with Crippen LogP contribution in [-0.2, 0) is 20.4 Å². The topological polar surface area (TPSA) is 94.0 Å². The summed E-state index contributed by atoms with van der Waals surface area (Å²) in [6.07, 6.45) is 0. The third-order valence-electron chi connectivity index (χ3n) is 5.22. The number of halogens is 1. The van der Waals surface area contributed by atoms with Gasteiger partial charge >= 0.3 is 0 Å². The number of thioether (sulfide) groups is 1. The van der Waals surface area contributed by atoms with Gasteiger partial charge in [0.25, 0.3) is 0 Å². The highest BCUT2D eigenvalue weighted by molar-refractivity contribution is 7.99. The molecule has 0 atom stereocenters. The van der Waals surface area contributed by atoms with E-state index in [2.05, 4.69) is 15.5 Å². The van der Waals surface area contributed by atoms with Crippen LogP contribution < -0.4 is 5.32 Å². The van der Waals surface area contributed by atoms with E-state index in [0.29, 0.717) is 21.6 Å². The Morgan fingerprint density at radius 2 is 1.71 bits per heavy atom. The largest absolute Gasteiger partial charge is 0.325 e. The maximum Gasteiger partial charge on any atom is 0.234 e. The Morgan fingerprint density at radius 1 is 1.00 bits per heavy atom. The molecule has 3 aromatic carbocycles. The molecule has 4 aromatic rings. The van der Waals surface area contributed by atoms with Crippen molar-refractivity contribution in [3.63, 3.8) is 0 Å². The van der Waals surface area contributed by atoms with Crippen LogP contribution in [0.1, 0.15) is 17.0 Å². The summed E-state index contributed by atoms with van der Waals surface area (Å²) in [5, 5.41) is 12.2. The van der Waals surface area contributed by atoms with Crippen LogP contribution in [0.25, 0.3) is 5.69 Å². The molecule has 4 rings (SSSR count). The van der Waals surface area contributed by atoms with Gasteiger partial charge in [-0.1, -0.05) is 65.3 Å². The number of benzene rings is 3. The molecule has 0 saturated carbocycles. The molecule has 1 aromatic heterocycles. The third-order valence-corrected chi connectivity index (χ3v) is 8.01. The zero-order valence-corrected chi connectivity index (χ0v) is 21.5. The predicted molar refractivity (Wildman–Crippen MR) is 139 cm³/mol. The van der Waals surface area contributed by atoms with Crippen LogP contribution in [0.3, 0.4) is 0 Å². The molecule has 0 radical (unpaired) electrons. The number of hydrogen-bond acceptors (Lipinski definition) is 6. The average Bonchev–Trinajstić information content (AvgIpc) is 3.22. The van der Waals surface area contributed by atoms with Gasteiger partial charge in [-0.05, 0) is 55.8 Å². The standard InChI is InChI=1S/C25H23ClN4O3S2/c1-17-8-12-21(13-9-17)35(32,33)16-23-28-29-25(30(23)20-6-4-3-5-7-20)34-15-24(31)27-22-14-19(26)11-10-18(22)2/h3-14H,15-16H2,1-2H3,(H,27,31). The number of aryl methyl sites for hydroxylation is 2. The summed E-state index contributed by atoms with van der Waals surface area (Å²) in [6, 6.07) is 21.2. The molecule has 1 N–H and O–H groups in total. The number of anilines is 1. The number of carbonyl (C=O) groups is 1. The maximum atomic E-state index is 13.1. The Labute approximate surface area is 213 Å². The van der Waals surface area contributed by atoms with E-state index in [4.69, 9.17) is 11.6 Å². The Balaban J connectivity index is 1.58. The van der Waals surface area contributed by atoms with Gasteiger partial charge < -0.3 is 5.32 Å². The minimum absolute atomic E-state index is 0.0572. The van der Waals surface area contributed by atoms with Gasteiger partial charge in [0.2, 0.25) is 5.91 Å². The fraction of sp³-hybridized carbons (Fsp3) is 0.160. The summed E-state index contributed by atoms with van der Waals surface area (Å²) >= 11 is 7.22. The number of nitrogens with one attached hydrogen (secondary N) is 1. The van der Waals surface area contributed by atoms with Gasteiger partial charge in [0, 0.05) is 16.4 Å². The second kappa shape index (κ2) is 10.6. The first kappa shape index (κ1) is 25.0. The molecule has 10 heteroatoms. The number of para-hydroxylation sites is 1. The minimum atomic E-state index is -3.65. The van der Waals surface area contributed by atoms with Gasteiger partial charge in [-0.25, -0.2) is 8.42 Å². The predicted octanol–water partition coefficient (Wildman–Crippen LogP) is 5.24. The van der Waals surface area contributed by atoms with Crippen molar-refractivity contribution in [1.82, 2.24) is 14.8 Å². The summed E-state index contributed by atoms with van der Waals surface area (Å²) in [7, 11) is -3.65. The van der Waals surface area contributed by atoms with E-state index in [1.165, 1.54) is 11.8 Å². The minimum Gasteiger partial charge on any atom is -0.325 e. The molecule has 0 aliphatic heterocycles. The second-order valence-electron chi connectivity index (χ2n) is 7.94. The molecule has 180 valence electrons. The lowest BCUT2D eigenvalue weighted by atomic mass is 10.2. The summed E-state index contributed by atoms with van der Waals surface area (Å²) < 4.78 is 27.8.